The minimum atomic E-state index is -0.284. The highest BCUT2D eigenvalue weighted by molar-refractivity contribution is 7.18. The molecule has 0 bridgehead atoms. The third kappa shape index (κ3) is 3.54. The summed E-state index contributed by atoms with van der Waals surface area (Å²) in [5.41, 5.74) is 3.58. The van der Waals surface area contributed by atoms with Gasteiger partial charge in [-0.3, -0.25) is 19.9 Å². The van der Waals surface area contributed by atoms with Crippen molar-refractivity contribution in [3.63, 3.8) is 0 Å². The van der Waals surface area contributed by atoms with Gasteiger partial charge in [0.05, 0.1) is 16.1 Å². The van der Waals surface area contributed by atoms with Crippen LogP contribution in [0, 0.1) is 6.92 Å². The van der Waals surface area contributed by atoms with Gasteiger partial charge in [0.2, 0.25) is 0 Å². The molecule has 0 atom stereocenters. The van der Waals surface area contributed by atoms with Gasteiger partial charge in [-0.1, -0.05) is 53.8 Å². The van der Waals surface area contributed by atoms with Crippen LogP contribution in [0.1, 0.15) is 32.6 Å². The average molecular weight is 387 g/mol. The van der Waals surface area contributed by atoms with E-state index in [1.54, 1.807) is 12.1 Å². The first kappa shape index (κ1) is 18.0. The first-order valence-corrected chi connectivity index (χ1v) is 9.59. The number of nitrogens with zero attached hydrogens (tertiary/aromatic N) is 2. The number of anilines is 1. The highest BCUT2D eigenvalue weighted by Gasteiger charge is 2.18. The number of fused-ring (bicyclic) bond motifs is 1. The molecule has 0 unspecified atom stereocenters. The SMILES string of the molecule is CC(=O)c1sc(NC(=O)c2ccc3ccc(C)nc3c2)nc1-c1ccccc1. The van der Waals surface area contributed by atoms with Gasteiger partial charge in [0, 0.05) is 29.1 Å². The number of carbonyl (C=O) groups is 2. The first-order valence-electron chi connectivity index (χ1n) is 8.77. The molecule has 2 aromatic heterocycles. The lowest BCUT2D eigenvalue weighted by Gasteiger charge is -2.04. The number of Topliss-reactive ketones (excluding diaryl/α,β-unsaturated/α-hetero) is 1. The van der Waals surface area contributed by atoms with Gasteiger partial charge >= 0.3 is 0 Å². The fourth-order valence-corrected chi connectivity index (χ4v) is 3.81. The lowest BCUT2D eigenvalue weighted by atomic mass is 10.1. The van der Waals surface area contributed by atoms with E-state index in [4.69, 9.17) is 0 Å². The van der Waals surface area contributed by atoms with Gasteiger partial charge in [-0.15, -0.1) is 0 Å². The van der Waals surface area contributed by atoms with Gasteiger partial charge in [-0.2, -0.15) is 0 Å². The van der Waals surface area contributed by atoms with E-state index in [0.717, 1.165) is 22.2 Å². The third-order valence-electron chi connectivity index (χ3n) is 4.31. The molecule has 0 aliphatic heterocycles. The van der Waals surface area contributed by atoms with Crippen LogP contribution in [0.25, 0.3) is 22.2 Å². The van der Waals surface area contributed by atoms with E-state index >= 15 is 0 Å². The Morgan fingerprint density at radius 3 is 2.46 bits per heavy atom. The largest absolute Gasteiger partial charge is 0.298 e. The lowest BCUT2D eigenvalue weighted by molar-refractivity contribution is 0.101. The number of hydrogen-bond acceptors (Lipinski definition) is 5. The molecule has 4 aromatic rings. The quantitative estimate of drug-likeness (QED) is 0.493. The minimum absolute atomic E-state index is 0.0813. The molecule has 0 saturated carbocycles. The molecule has 0 saturated heterocycles. The summed E-state index contributed by atoms with van der Waals surface area (Å²) in [5.74, 6) is -0.365. The molecule has 0 fully saturated rings. The van der Waals surface area contributed by atoms with Gasteiger partial charge in [0.25, 0.3) is 5.91 Å². The molecule has 0 aliphatic carbocycles. The number of amides is 1. The molecule has 2 heterocycles. The fraction of sp³-hybridized carbons (Fsp3) is 0.0909. The smallest absolute Gasteiger partial charge is 0.257 e. The second kappa shape index (κ2) is 7.32. The van der Waals surface area contributed by atoms with Crippen LogP contribution in [0.4, 0.5) is 5.13 Å². The maximum atomic E-state index is 12.7. The highest BCUT2D eigenvalue weighted by atomic mass is 32.1. The molecule has 138 valence electrons. The zero-order valence-corrected chi connectivity index (χ0v) is 16.2. The van der Waals surface area contributed by atoms with Crippen LogP contribution in [0.15, 0.2) is 60.7 Å². The standard InChI is InChI=1S/C22H17N3O2S/c1-13-8-9-15-10-11-17(12-18(15)23-13)21(27)25-22-24-19(20(28-22)14(2)26)16-6-4-3-5-7-16/h3-12H,1-2H3,(H,24,25,27). The Kier molecular flexibility index (Phi) is 4.71. The summed E-state index contributed by atoms with van der Waals surface area (Å²) in [4.78, 5) is 34.2. The molecule has 0 spiro atoms. The summed E-state index contributed by atoms with van der Waals surface area (Å²) in [6.45, 7) is 3.42. The Hall–Kier alpha value is -3.38. The first-order chi connectivity index (χ1) is 13.5. The van der Waals surface area contributed by atoms with Crippen molar-refractivity contribution < 1.29 is 9.59 Å². The van der Waals surface area contributed by atoms with E-state index in [1.165, 1.54) is 18.3 Å². The monoisotopic (exact) mass is 387 g/mol. The second-order valence-corrected chi connectivity index (χ2v) is 7.43. The number of benzene rings is 2. The Morgan fingerprint density at radius 2 is 1.71 bits per heavy atom. The van der Waals surface area contributed by atoms with Crippen LogP contribution in [0.5, 0.6) is 0 Å². The fourth-order valence-electron chi connectivity index (χ4n) is 2.93. The summed E-state index contributed by atoms with van der Waals surface area (Å²) < 4.78 is 0. The third-order valence-corrected chi connectivity index (χ3v) is 5.38. The number of aromatic nitrogens is 2. The molecule has 6 heteroatoms. The molecular formula is C22H17N3O2S. The Balaban J connectivity index is 1.65. The highest BCUT2D eigenvalue weighted by Crippen LogP contribution is 2.31. The summed E-state index contributed by atoms with van der Waals surface area (Å²) in [6, 6.07) is 18.8. The molecular weight excluding hydrogens is 370 g/mol. The molecule has 0 aliphatic rings. The van der Waals surface area contributed by atoms with Crippen LogP contribution in [-0.2, 0) is 0 Å². The number of thiazole rings is 1. The molecule has 1 N–H and O–H groups in total. The number of rotatable bonds is 4. The molecule has 0 radical (unpaired) electrons. The van der Waals surface area contributed by atoms with E-state index in [1.807, 2.05) is 55.5 Å². The van der Waals surface area contributed by atoms with Crippen molar-refractivity contribution >= 4 is 39.1 Å². The van der Waals surface area contributed by atoms with E-state index < -0.39 is 0 Å². The second-order valence-electron chi connectivity index (χ2n) is 6.43. The van der Waals surface area contributed by atoms with Crippen LogP contribution >= 0.6 is 11.3 Å². The van der Waals surface area contributed by atoms with Crippen molar-refractivity contribution in [1.29, 1.82) is 0 Å². The maximum Gasteiger partial charge on any atom is 0.257 e. The van der Waals surface area contributed by atoms with E-state index in [0.29, 0.717) is 21.3 Å². The summed E-state index contributed by atoms with van der Waals surface area (Å²) in [6.07, 6.45) is 0. The van der Waals surface area contributed by atoms with Crippen molar-refractivity contribution in [2.75, 3.05) is 5.32 Å². The van der Waals surface area contributed by atoms with E-state index in [-0.39, 0.29) is 11.7 Å². The maximum absolute atomic E-state index is 12.7. The van der Waals surface area contributed by atoms with Crippen molar-refractivity contribution in [1.82, 2.24) is 9.97 Å². The minimum Gasteiger partial charge on any atom is -0.298 e. The van der Waals surface area contributed by atoms with E-state index in [9.17, 15) is 9.59 Å². The summed E-state index contributed by atoms with van der Waals surface area (Å²) in [5, 5.41) is 4.18. The zero-order valence-electron chi connectivity index (χ0n) is 15.4. The van der Waals surface area contributed by atoms with Crippen LogP contribution in [0.2, 0.25) is 0 Å². The number of aryl methyl sites for hydroxylation is 1. The van der Waals surface area contributed by atoms with Crippen LogP contribution < -0.4 is 5.32 Å². The van der Waals surface area contributed by atoms with Gasteiger partial charge in [0.1, 0.15) is 0 Å². The van der Waals surface area contributed by atoms with Gasteiger partial charge < -0.3 is 0 Å². The zero-order chi connectivity index (χ0) is 19.7. The number of carbonyl (C=O) groups excluding carboxylic acids is 2. The predicted octanol–water partition coefficient (Wildman–Crippen LogP) is 5.12. The van der Waals surface area contributed by atoms with Crippen molar-refractivity contribution in [2.45, 2.75) is 13.8 Å². The number of pyridine rings is 1. The van der Waals surface area contributed by atoms with E-state index in [2.05, 4.69) is 15.3 Å². The number of nitrogens with one attached hydrogen (secondary N) is 1. The topological polar surface area (TPSA) is 72.0 Å². The van der Waals surface area contributed by atoms with Crippen molar-refractivity contribution in [3.05, 3.63) is 76.8 Å². The Morgan fingerprint density at radius 1 is 0.964 bits per heavy atom. The lowest BCUT2D eigenvalue weighted by Crippen LogP contribution is -2.11. The molecule has 28 heavy (non-hydrogen) atoms. The van der Waals surface area contributed by atoms with Crippen LogP contribution in [0.3, 0.4) is 0 Å². The Labute approximate surface area is 166 Å². The Bertz CT molecular complexity index is 1200. The van der Waals surface area contributed by atoms with Gasteiger partial charge in [0.15, 0.2) is 10.9 Å². The van der Waals surface area contributed by atoms with Gasteiger partial charge in [-0.25, -0.2) is 4.98 Å². The van der Waals surface area contributed by atoms with Crippen molar-refractivity contribution in [3.8, 4) is 11.3 Å². The molecule has 1 amide bonds. The summed E-state index contributed by atoms with van der Waals surface area (Å²) >= 11 is 1.18. The molecule has 4 rings (SSSR count). The number of hydrogen-bond donors (Lipinski definition) is 1. The molecule has 5 nitrogen and oxygen atoms in total. The predicted molar refractivity (Wildman–Crippen MR) is 112 cm³/mol. The molecule has 2 aromatic carbocycles. The summed E-state index contributed by atoms with van der Waals surface area (Å²) in [7, 11) is 0. The van der Waals surface area contributed by atoms with Crippen molar-refractivity contribution in [2.24, 2.45) is 0 Å². The average Bonchev–Trinajstić information content (AvgIpc) is 3.12. The van der Waals surface area contributed by atoms with Crippen LogP contribution in [-0.4, -0.2) is 21.7 Å². The van der Waals surface area contributed by atoms with Gasteiger partial charge in [-0.05, 0) is 25.1 Å². The number of ketones is 1. The normalized spacial score (nSPS) is 10.8.